The van der Waals surface area contributed by atoms with E-state index in [0.29, 0.717) is 18.5 Å². The summed E-state index contributed by atoms with van der Waals surface area (Å²) < 4.78 is 0. The molecule has 3 nitrogen and oxygen atoms in total. The molecule has 3 unspecified atom stereocenters. The maximum absolute atomic E-state index is 12.0. The first kappa shape index (κ1) is 13.5. The number of hydrogen-bond acceptors (Lipinski definition) is 2. The van der Waals surface area contributed by atoms with Crippen molar-refractivity contribution in [2.45, 2.75) is 52.5 Å². The van der Waals surface area contributed by atoms with Gasteiger partial charge in [0, 0.05) is 12.6 Å². The van der Waals surface area contributed by atoms with Crippen molar-refractivity contribution in [2.24, 2.45) is 23.5 Å². The van der Waals surface area contributed by atoms with Gasteiger partial charge in [0.15, 0.2) is 0 Å². The van der Waals surface area contributed by atoms with Gasteiger partial charge < -0.3 is 11.1 Å². The molecule has 3 atom stereocenters. The molecule has 1 saturated carbocycles. The highest BCUT2D eigenvalue weighted by Crippen LogP contribution is 2.25. The Bertz CT molecular complexity index is 228. The molecule has 0 spiro atoms. The molecule has 1 aliphatic carbocycles. The van der Waals surface area contributed by atoms with Gasteiger partial charge in [-0.1, -0.05) is 20.8 Å². The van der Waals surface area contributed by atoms with E-state index in [2.05, 4.69) is 26.1 Å². The van der Waals surface area contributed by atoms with Crippen molar-refractivity contribution in [3.8, 4) is 0 Å². The summed E-state index contributed by atoms with van der Waals surface area (Å²) >= 11 is 0. The Labute approximate surface area is 99.2 Å². The van der Waals surface area contributed by atoms with Gasteiger partial charge in [-0.3, -0.25) is 4.79 Å². The topological polar surface area (TPSA) is 55.1 Å². The van der Waals surface area contributed by atoms with Crippen LogP contribution in [0.4, 0.5) is 0 Å². The van der Waals surface area contributed by atoms with Crippen LogP contribution in [0.3, 0.4) is 0 Å². The van der Waals surface area contributed by atoms with Gasteiger partial charge in [-0.2, -0.15) is 0 Å². The zero-order chi connectivity index (χ0) is 12.1. The van der Waals surface area contributed by atoms with Gasteiger partial charge in [0.2, 0.25) is 5.91 Å². The first-order chi connectivity index (χ1) is 7.52. The number of nitrogens with two attached hydrogens (primary N) is 1. The highest BCUT2D eigenvalue weighted by Gasteiger charge is 2.25. The minimum absolute atomic E-state index is 0.00379. The largest absolute Gasteiger partial charge is 0.353 e. The molecule has 0 aromatic heterocycles. The molecular weight excluding hydrogens is 200 g/mol. The van der Waals surface area contributed by atoms with Crippen LogP contribution >= 0.6 is 0 Å². The van der Waals surface area contributed by atoms with Crippen molar-refractivity contribution >= 4 is 5.91 Å². The monoisotopic (exact) mass is 226 g/mol. The molecule has 1 rings (SSSR count). The van der Waals surface area contributed by atoms with Crippen LogP contribution in [0, 0.1) is 17.8 Å². The maximum atomic E-state index is 12.0. The minimum atomic E-state index is -0.00379. The summed E-state index contributed by atoms with van der Waals surface area (Å²) in [6.07, 6.45) is 4.39. The van der Waals surface area contributed by atoms with E-state index in [1.54, 1.807) is 0 Å². The SMILES string of the molecule is CC(C)CC(CN)C(=O)NC1CCC(C)C1. The standard InChI is InChI=1S/C13H26N2O/c1-9(2)6-11(8-14)13(16)15-12-5-4-10(3)7-12/h9-12H,4-8,14H2,1-3H3,(H,15,16). The summed E-state index contributed by atoms with van der Waals surface area (Å²) in [6.45, 7) is 6.98. The average molecular weight is 226 g/mol. The van der Waals surface area contributed by atoms with Crippen LogP contribution in [-0.4, -0.2) is 18.5 Å². The summed E-state index contributed by atoms with van der Waals surface area (Å²) in [5.41, 5.74) is 5.66. The van der Waals surface area contributed by atoms with E-state index in [9.17, 15) is 4.79 Å². The lowest BCUT2D eigenvalue weighted by atomic mass is 9.96. The number of rotatable bonds is 5. The molecule has 3 N–H and O–H groups in total. The van der Waals surface area contributed by atoms with Crippen LogP contribution in [0.15, 0.2) is 0 Å². The summed E-state index contributed by atoms with van der Waals surface area (Å²) in [6, 6.07) is 0.392. The molecule has 3 heteroatoms. The third kappa shape index (κ3) is 4.12. The van der Waals surface area contributed by atoms with Crippen molar-refractivity contribution in [1.82, 2.24) is 5.32 Å². The average Bonchev–Trinajstić information content (AvgIpc) is 2.60. The number of carbonyl (C=O) groups is 1. The van der Waals surface area contributed by atoms with E-state index < -0.39 is 0 Å². The van der Waals surface area contributed by atoms with Gasteiger partial charge in [-0.05, 0) is 37.5 Å². The van der Waals surface area contributed by atoms with E-state index in [1.165, 1.54) is 6.42 Å². The highest BCUT2D eigenvalue weighted by atomic mass is 16.1. The Kier molecular flexibility index (Phi) is 5.26. The molecule has 94 valence electrons. The Morgan fingerprint density at radius 3 is 2.56 bits per heavy atom. The predicted octanol–water partition coefficient (Wildman–Crippen LogP) is 1.91. The Morgan fingerprint density at radius 2 is 2.12 bits per heavy atom. The molecule has 1 fully saturated rings. The van der Waals surface area contributed by atoms with Gasteiger partial charge in [0.05, 0.1) is 5.92 Å². The predicted molar refractivity (Wildman–Crippen MR) is 66.9 cm³/mol. The molecule has 0 aromatic rings. The van der Waals surface area contributed by atoms with Crippen LogP contribution in [0.1, 0.15) is 46.5 Å². The molecule has 0 heterocycles. The molecule has 1 aliphatic rings. The second-order valence-electron chi connectivity index (χ2n) is 5.69. The van der Waals surface area contributed by atoms with Crippen molar-refractivity contribution in [1.29, 1.82) is 0 Å². The fraction of sp³-hybridized carbons (Fsp3) is 0.923. The van der Waals surface area contributed by atoms with Gasteiger partial charge in [0.1, 0.15) is 0 Å². The van der Waals surface area contributed by atoms with Gasteiger partial charge in [-0.25, -0.2) is 0 Å². The van der Waals surface area contributed by atoms with Crippen molar-refractivity contribution in [2.75, 3.05) is 6.54 Å². The lowest BCUT2D eigenvalue weighted by Crippen LogP contribution is -2.40. The quantitative estimate of drug-likeness (QED) is 0.752. The fourth-order valence-corrected chi connectivity index (χ4v) is 2.54. The number of hydrogen-bond donors (Lipinski definition) is 2. The van der Waals surface area contributed by atoms with E-state index in [1.807, 2.05) is 0 Å². The third-order valence-corrected chi connectivity index (χ3v) is 3.45. The molecule has 16 heavy (non-hydrogen) atoms. The van der Waals surface area contributed by atoms with Crippen LogP contribution in [0.5, 0.6) is 0 Å². The summed E-state index contributed by atoms with van der Waals surface area (Å²) in [5.74, 6) is 1.44. The highest BCUT2D eigenvalue weighted by molar-refractivity contribution is 5.79. The van der Waals surface area contributed by atoms with E-state index in [0.717, 1.165) is 25.2 Å². The Balaban J connectivity index is 2.37. The van der Waals surface area contributed by atoms with Crippen LogP contribution in [0.25, 0.3) is 0 Å². The fourth-order valence-electron chi connectivity index (χ4n) is 2.54. The molecule has 0 radical (unpaired) electrons. The van der Waals surface area contributed by atoms with E-state index in [4.69, 9.17) is 5.73 Å². The zero-order valence-electron chi connectivity index (χ0n) is 10.8. The van der Waals surface area contributed by atoms with Gasteiger partial charge in [-0.15, -0.1) is 0 Å². The van der Waals surface area contributed by atoms with Crippen molar-refractivity contribution in [3.63, 3.8) is 0 Å². The second kappa shape index (κ2) is 6.24. The Hall–Kier alpha value is -0.570. The lowest BCUT2D eigenvalue weighted by Gasteiger charge is -2.20. The van der Waals surface area contributed by atoms with Crippen molar-refractivity contribution < 1.29 is 4.79 Å². The van der Waals surface area contributed by atoms with E-state index >= 15 is 0 Å². The van der Waals surface area contributed by atoms with Crippen LogP contribution < -0.4 is 11.1 Å². The minimum Gasteiger partial charge on any atom is -0.353 e. The van der Waals surface area contributed by atoms with Gasteiger partial charge >= 0.3 is 0 Å². The maximum Gasteiger partial charge on any atom is 0.224 e. The molecule has 0 aliphatic heterocycles. The summed E-state index contributed by atoms with van der Waals surface area (Å²) in [5, 5.41) is 3.15. The molecule has 1 amide bonds. The van der Waals surface area contributed by atoms with Gasteiger partial charge in [0.25, 0.3) is 0 Å². The zero-order valence-corrected chi connectivity index (χ0v) is 10.8. The summed E-state index contributed by atoms with van der Waals surface area (Å²) in [7, 11) is 0. The normalized spacial score (nSPS) is 27.1. The third-order valence-electron chi connectivity index (χ3n) is 3.45. The number of nitrogens with one attached hydrogen (secondary N) is 1. The molecule has 0 bridgehead atoms. The lowest BCUT2D eigenvalue weighted by molar-refractivity contribution is -0.125. The molecular formula is C13H26N2O. The summed E-state index contributed by atoms with van der Waals surface area (Å²) in [4.78, 5) is 12.0. The van der Waals surface area contributed by atoms with Crippen molar-refractivity contribution in [3.05, 3.63) is 0 Å². The molecule has 0 aromatic carbocycles. The second-order valence-corrected chi connectivity index (χ2v) is 5.69. The first-order valence-electron chi connectivity index (χ1n) is 6.53. The van der Waals surface area contributed by atoms with Crippen LogP contribution in [-0.2, 0) is 4.79 Å². The smallest absolute Gasteiger partial charge is 0.224 e. The number of carbonyl (C=O) groups excluding carboxylic acids is 1. The number of amides is 1. The molecule has 0 saturated heterocycles. The van der Waals surface area contributed by atoms with E-state index in [-0.39, 0.29) is 11.8 Å². The Morgan fingerprint density at radius 1 is 1.44 bits per heavy atom. The van der Waals surface area contributed by atoms with Crippen LogP contribution in [0.2, 0.25) is 0 Å². The first-order valence-corrected chi connectivity index (χ1v) is 6.53.